The lowest BCUT2D eigenvalue weighted by molar-refractivity contribution is -0.137. The third-order valence-corrected chi connectivity index (χ3v) is 3.51. The molecule has 1 aromatic heterocycles. The maximum absolute atomic E-state index is 12.8. The van der Waals surface area contributed by atoms with Gasteiger partial charge < -0.3 is 14.6 Å². The second-order valence-electron chi connectivity index (χ2n) is 5.55. The van der Waals surface area contributed by atoms with Crippen molar-refractivity contribution in [3.63, 3.8) is 0 Å². The zero-order valence-corrected chi connectivity index (χ0v) is 14.1. The first-order chi connectivity index (χ1) is 12.8. The van der Waals surface area contributed by atoms with Gasteiger partial charge in [-0.05, 0) is 30.3 Å². The molecule has 0 unspecified atom stereocenters. The summed E-state index contributed by atoms with van der Waals surface area (Å²) in [6.07, 6.45) is -4.50. The predicted molar refractivity (Wildman–Crippen MR) is 89.2 cm³/mol. The third-order valence-electron chi connectivity index (χ3n) is 3.51. The van der Waals surface area contributed by atoms with Gasteiger partial charge in [-0.15, -0.1) is 0 Å². The van der Waals surface area contributed by atoms with Crippen LogP contribution in [0.3, 0.4) is 0 Å². The van der Waals surface area contributed by atoms with Crippen molar-refractivity contribution in [3.05, 3.63) is 71.4 Å². The summed E-state index contributed by atoms with van der Waals surface area (Å²) in [4.78, 5) is 16.5. The highest BCUT2D eigenvalue weighted by Gasteiger charge is 2.30. The molecular weight excluding hydrogens is 363 g/mol. The lowest BCUT2D eigenvalue weighted by Crippen LogP contribution is -2.14. The lowest BCUT2D eigenvalue weighted by atomic mass is 10.1. The van der Waals surface area contributed by atoms with Crippen LogP contribution in [-0.4, -0.2) is 16.0 Å². The van der Waals surface area contributed by atoms with Crippen LogP contribution < -0.4 is 10.1 Å². The number of anilines is 1. The molecule has 2 aromatic carbocycles. The Morgan fingerprint density at radius 1 is 1.19 bits per heavy atom. The fourth-order valence-electron chi connectivity index (χ4n) is 2.29. The van der Waals surface area contributed by atoms with Crippen molar-refractivity contribution in [2.24, 2.45) is 0 Å². The molecule has 0 fully saturated rings. The van der Waals surface area contributed by atoms with Gasteiger partial charge in [0, 0.05) is 12.6 Å². The SMILES string of the molecule is Cc1nc(COc2ccccc2C(=O)Nc2cccc(C(F)(F)F)c2)no1. The van der Waals surface area contributed by atoms with Crippen molar-refractivity contribution in [1.82, 2.24) is 10.1 Å². The Labute approximate surface area is 152 Å². The van der Waals surface area contributed by atoms with Crippen LogP contribution in [0.1, 0.15) is 27.6 Å². The maximum atomic E-state index is 12.8. The number of carbonyl (C=O) groups excluding carboxylic acids is 1. The van der Waals surface area contributed by atoms with Crippen LogP contribution in [0, 0.1) is 6.92 Å². The monoisotopic (exact) mass is 377 g/mol. The molecule has 0 spiro atoms. The van der Waals surface area contributed by atoms with E-state index in [0.29, 0.717) is 11.7 Å². The zero-order chi connectivity index (χ0) is 19.4. The highest BCUT2D eigenvalue weighted by atomic mass is 19.4. The molecule has 1 heterocycles. The van der Waals surface area contributed by atoms with Gasteiger partial charge in [0.2, 0.25) is 11.7 Å². The van der Waals surface area contributed by atoms with Crippen LogP contribution in [0.4, 0.5) is 18.9 Å². The Bertz CT molecular complexity index is 954. The van der Waals surface area contributed by atoms with Crippen molar-refractivity contribution >= 4 is 11.6 Å². The zero-order valence-electron chi connectivity index (χ0n) is 14.1. The summed E-state index contributed by atoms with van der Waals surface area (Å²) in [5.74, 6) is 0.323. The molecule has 6 nitrogen and oxygen atoms in total. The highest BCUT2D eigenvalue weighted by molar-refractivity contribution is 6.06. The summed E-state index contributed by atoms with van der Waals surface area (Å²) >= 11 is 0. The van der Waals surface area contributed by atoms with Crippen molar-refractivity contribution in [2.45, 2.75) is 19.7 Å². The van der Waals surface area contributed by atoms with E-state index < -0.39 is 17.6 Å². The molecule has 0 aliphatic carbocycles. The summed E-state index contributed by atoms with van der Waals surface area (Å²) < 4.78 is 48.8. The second-order valence-corrected chi connectivity index (χ2v) is 5.55. The number of hydrogen-bond acceptors (Lipinski definition) is 5. The molecule has 3 aromatic rings. The molecule has 3 rings (SSSR count). The second kappa shape index (κ2) is 7.48. The number of alkyl halides is 3. The van der Waals surface area contributed by atoms with E-state index in [1.54, 1.807) is 25.1 Å². The molecule has 140 valence electrons. The van der Waals surface area contributed by atoms with E-state index >= 15 is 0 Å². The molecule has 0 aliphatic heterocycles. The quantitative estimate of drug-likeness (QED) is 0.720. The largest absolute Gasteiger partial charge is 0.485 e. The van der Waals surface area contributed by atoms with Crippen LogP contribution in [0.15, 0.2) is 53.1 Å². The van der Waals surface area contributed by atoms with E-state index in [1.165, 1.54) is 18.2 Å². The number of halogens is 3. The van der Waals surface area contributed by atoms with E-state index in [9.17, 15) is 18.0 Å². The van der Waals surface area contributed by atoms with Crippen LogP contribution in [0.5, 0.6) is 5.75 Å². The number of amides is 1. The number of rotatable bonds is 5. The number of carbonyl (C=O) groups is 1. The lowest BCUT2D eigenvalue weighted by Gasteiger charge is -2.12. The van der Waals surface area contributed by atoms with Gasteiger partial charge in [0.05, 0.1) is 11.1 Å². The number of para-hydroxylation sites is 1. The van der Waals surface area contributed by atoms with Crippen molar-refractivity contribution in [2.75, 3.05) is 5.32 Å². The van der Waals surface area contributed by atoms with E-state index in [-0.39, 0.29) is 23.6 Å². The smallest absolute Gasteiger partial charge is 0.416 e. The molecule has 0 atom stereocenters. The van der Waals surface area contributed by atoms with Gasteiger partial charge in [-0.25, -0.2) is 0 Å². The van der Waals surface area contributed by atoms with Crippen LogP contribution in [0.2, 0.25) is 0 Å². The first kappa shape index (κ1) is 18.4. The molecule has 0 bridgehead atoms. The number of nitrogens with zero attached hydrogens (tertiary/aromatic N) is 2. The average Bonchev–Trinajstić information content (AvgIpc) is 3.05. The fourth-order valence-corrected chi connectivity index (χ4v) is 2.29. The van der Waals surface area contributed by atoms with Gasteiger partial charge in [-0.3, -0.25) is 4.79 Å². The Morgan fingerprint density at radius 2 is 1.96 bits per heavy atom. The molecule has 1 amide bonds. The number of nitrogens with one attached hydrogen (secondary N) is 1. The number of benzene rings is 2. The van der Waals surface area contributed by atoms with Crippen molar-refractivity contribution < 1.29 is 27.2 Å². The van der Waals surface area contributed by atoms with Gasteiger partial charge in [-0.2, -0.15) is 18.2 Å². The van der Waals surface area contributed by atoms with Gasteiger partial charge >= 0.3 is 6.18 Å². The minimum Gasteiger partial charge on any atom is -0.485 e. The summed E-state index contributed by atoms with van der Waals surface area (Å²) in [7, 11) is 0. The van der Waals surface area contributed by atoms with Gasteiger partial charge in [0.1, 0.15) is 5.75 Å². The van der Waals surface area contributed by atoms with E-state index in [1.807, 2.05) is 0 Å². The normalized spacial score (nSPS) is 11.3. The van der Waals surface area contributed by atoms with Gasteiger partial charge in [-0.1, -0.05) is 23.4 Å². The molecule has 0 saturated heterocycles. The average molecular weight is 377 g/mol. The Kier molecular flexibility index (Phi) is 5.11. The number of aromatic nitrogens is 2. The molecule has 1 N–H and O–H groups in total. The molecule has 0 saturated carbocycles. The van der Waals surface area contributed by atoms with Crippen LogP contribution in [-0.2, 0) is 12.8 Å². The molecule has 27 heavy (non-hydrogen) atoms. The van der Waals surface area contributed by atoms with Gasteiger partial charge in [0.15, 0.2) is 6.61 Å². The molecule has 0 aliphatic rings. The predicted octanol–water partition coefficient (Wildman–Crippen LogP) is 4.23. The molecular formula is C18H14F3N3O3. The standard InChI is InChI=1S/C18H14F3N3O3/c1-11-22-16(24-27-11)10-26-15-8-3-2-7-14(15)17(25)23-13-6-4-5-12(9-13)18(19,20)21/h2-9H,10H2,1H3,(H,23,25). The Hall–Kier alpha value is -3.36. The van der Waals surface area contributed by atoms with Crippen molar-refractivity contribution in [1.29, 1.82) is 0 Å². The van der Waals surface area contributed by atoms with Crippen LogP contribution in [0.25, 0.3) is 0 Å². The summed E-state index contributed by atoms with van der Waals surface area (Å²) in [6.45, 7) is 1.61. The van der Waals surface area contributed by atoms with Gasteiger partial charge in [0.25, 0.3) is 5.91 Å². The summed E-state index contributed by atoms with van der Waals surface area (Å²) in [5.41, 5.74) is -0.661. The first-order valence-electron chi connectivity index (χ1n) is 7.82. The summed E-state index contributed by atoms with van der Waals surface area (Å²) in [5, 5.41) is 6.13. The van der Waals surface area contributed by atoms with E-state index in [4.69, 9.17) is 9.26 Å². The third kappa shape index (κ3) is 4.63. The highest BCUT2D eigenvalue weighted by Crippen LogP contribution is 2.31. The molecule has 9 heteroatoms. The van der Waals surface area contributed by atoms with Crippen molar-refractivity contribution in [3.8, 4) is 5.75 Å². The maximum Gasteiger partial charge on any atom is 0.416 e. The Balaban J connectivity index is 1.75. The van der Waals surface area contributed by atoms with Crippen LogP contribution >= 0.6 is 0 Å². The first-order valence-corrected chi connectivity index (χ1v) is 7.82. The molecule has 0 radical (unpaired) electrons. The number of aryl methyl sites for hydroxylation is 1. The fraction of sp³-hybridized carbons (Fsp3) is 0.167. The summed E-state index contributed by atoms with van der Waals surface area (Å²) in [6, 6.07) is 10.7. The minimum absolute atomic E-state index is 0.0226. The topological polar surface area (TPSA) is 77.2 Å². The number of hydrogen-bond donors (Lipinski definition) is 1. The Morgan fingerprint density at radius 3 is 2.67 bits per heavy atom. The van der Waals surface area contributed by atoms with E-state index in [0.717, 1.165) is 12.1 Å². The minimum atomic E-state index is -4.50. The number of ether oxygens (including phenoxy) is 1. The van der Waals surface area contributed by atoms with E-state index in [2.05, 4.69) is 15.5 Å².